The minimum Gasteiger partial charge on any atom is -0.490 e. The number of halogens is 2. The van der Waals surface area contributed by atoms with Gasteiger partial charge in [-0.1, -0.05) is 23.8 Å². The highest BCUT2D eigenvalue weighted by Crippen LogP contribution is 2.52. The van der Waals surface area contributed by atoms with Gasteiger partial charge >= 0.3 is 0 Å². The van der Waals surface area contributed by atoms with Gasteiger partial charge < -0.3 is 9.47 Å². The first-order valence-electron chi connectivity index (χ1n) is 10.1. The van der Waals surface area contributed by atoms with Crippen LogP contribution >= 0.6 is 27.5 Å². The van der Waals surface area contributed by atoms with Crippen LogP contribution in [0.3, 0.4) is 0 Å². The smallest absolute Gasteiger partial charge is 0.254 e. The van der Waals surface area contributed by atoms with Gasteiger partial charge in [0, 0.05) is 10.0 Å². The molecular weight excluding hydrogens is 472 g/mol. The minimum atomic E-state index is -0.468. The number of carbonyl (C=O) groups excluding carboxylic acids is 2. The minimum absolute atomic E-state index is 0.149. The molecule has 2 amide bonds. The van der Waals surface area contributed by atoms with Crippen molar-refractivity contribution in [2.24, 2.45) is 28.8 Å². The second kappa shape index (κ2) is 7.68. The van der Waals surface area contributed by atoms with Crippen molar-refractivity contribution in [3.8, 4) is 11.5 Å². The second-order valence-electron chi connectivity index (χ2n) is 8.80. The zero-order valence-corrected chi connectivity index (χ0v) is 19.7. The molecule has 1 aromatic rings. The van der Waals surface area contributed by atoms with Gasteiger partial charge in [0.25, 0.3) is 11.8 Å². The molecule has 0 spiro atoms. The number of carbonyl (C=O) groups is 2. The average molecular weight is 496 g/mol. The standard InChI is InChI=1S/C22H24BrClN2O4/c1-5-29-14-9-13(17(23)18(24)19(14)30-22(2,3)4)10-25-26-20(27)15-11-6-7-12(8-11)16(15)21(26)28/h6-7,9-12,15-16H,5,8H2,1-4H3/t11-,12-,15-,16+/m0/s1. The van der Waals surface area contributed by atoms with Crippen LogP contribution in [0.1, 0.15) is 39.7 Å². The Labute approximate surface area is 189 Å². The molecule has 4 rings (SSSR count). The monoisotopic (exact) mass is 494 g/mol. The molecule has 0 unspecified atom stereocenters. The highest BCUT2D eigenvalue weighted by Gasteiger charge is 2.59. The predicted octanol–water partition coefficient (Wildman–Crippen LogP) is 4.82. The number of hydrogen-bond acceptors (Lipinski definition) is 5. The van der Waals surface area contributed by atoms with Crippen LogP contribution in [0.2, 0.25) is 5.02 Å². The molecule has 1 aliphatic heterocycles. The fourth-order valence-electron chi connectivity index (χ4n) is 4.48. The lowest BCUT2D eigenvalue weighted by Crippen LogP contribution is -2.28. The molecule has 160 valence electrons. The Morgan fingerprint density at radius 3 is 2.37 bits per heavy atom. The fourth-order valence-corrected chi connectivity index (χ4v) is 5.12. The number of benzene rings is 1. The number of nitrogens with zero attached hydrogens (tertiary/aromatic N) is 2. The maximum atomic E-state index is 12.8. The van der Waals surface area contributed by atoms with Crippen LogP contribution in [-0.2, 0) is 9.59 Å². The molecule has 3 aliphatic rings. The van der Waals surface area contributed by atoms with Crippen LogP contribution in [0.5, 0.6) is 11.5 Å². The maximum Gasteiger partial charge on any atom is 0.254 e. The van der Waals surface area contributed by atoms with Crippen molar-refractivity contribution in [1.82, 2.24) is 5.01 Å². The Balaban J connectivity index is 1.64. The number of hydrogen-bond donors (Lipinski definition) is 0. The number of imide groups is 1. The quantitative estimate of drug-likeness (QED) is 0.334. The first-order valence-corrected chi connectivity index (χ1v) is 11.2. The molecular formula is C22H24BrClN2O4. The van der Waals surface area contributed by atoms with Crippen molar-refractivity contribution in [1.29, 1.82) is 0 Å². The van der Waals surface area contributed by atoms with Crippen molar-refractivity contribution in [3.63, 3.8) is 0 Å². The third-order valence-electron chi connectivity index (χ3n) is 5.62. The van der Waals surface area contributed by atoms with E-state index < -0.39 is 5.60 Å². The summed E-state index contributed by atoms with van der Waals surface area (Å²) in [5.41, 5.74) is 0.118. The van der Waals surface area contributed by atoms with E-state index in [1.54, 1.807) is 6.07 Å². The summed E-state index contributed by atoms with van der Waals surface area (Å²) in [6, 6.07) is 1.74. The van der Waals surface area contributed by atoms with Crippen molar-refractivity contribution in [3.05, 3.63) is 33.3 Å². The molecule has 1 aromatic carbocycles. The lowest BCUT2D eigenvalue weighted by atomic mass is 9.85. The number of rotatable bonds is 5. The first-order chi connectivity index (χ1) is 14.1. The number of allylic oxidation sites excluding steroid dienone is 2. The number of fused-ring (bicyclic) bond motifs is 5. The SMILES string of the molecule is CCOc1cc(C=NN2C(=O)[C@@H]3[C@H](C2=O)[C@H]2C=C[C@H]3C2)c(Br)c(Cl)c1OC(C)(C)C. The summed E-state index contributed by atoms with van der Waals surface area (Å²) < 4.78 is 12.3. The lowest BCUT2D eigenvalue weighted by Gasteiger charge is -2.25. The van der Waals surface area contributed by atoms with Gasteiger partial charge in [-0.15, -0.1) is 0 Å². The number of amides is 2. The second-order valence-corrected chi connectivity index (χ2v) is 9.97. The molecule has 1 saturated carbocycles. The van der Waals surface area contributed by atoms with E-state index in [1.165, 1.54) is 6.21 Å². The van der Waals surface area contributed by atoms with E-state index in [0.29, 0.717) is 33.2 Å². The molecule has 1 heterocycles. The fraction of sp³-hybridized carbons (Fsp3) is 0.500. The van der Waals surface area contributed by atoms with Gasteiger partial charge in [0.2, 0.25) is 0 Å². The molecule has 0 aromatic heterocycles. The Kier molecular flexibility index (Phi) is 5.47. The molecule has 0 radical (unpaired) electrons. The van der Waals surface area contributed by atoms with Crippen LogP contribution in [0, 0.1) is 23.7 Å². The molecule has 4 atom stereocenters. The largest absolute Gasteiger partial charge is 0.490 e. The Hall–Kier alpha value is -1.86. The predicted molar refractivity (Wildman–Crippen MR) is 118 cm³/mol. The van der Waals surface area contributed by atoms with Crippen LogP contribution < -0.4 is 9.47 Å². The Morgan fingerprint density at radius 1 is 1.23 bits per heavy atom. The average Bonchev–Trinajstić information content (AvgIpc) is 3.34. The topological polar surface area (TPSA) is 68.2 Å². The van der Waals surface area contributed by atoms with Crippen molar-refractivity contribution < 1.29 is 19.1 Å². The summed E-state index contributed by atoms with van der Waals surface area (Å²) in [6.45, 7) is 8.06. The first kappa shape index (κ1) is 21.4. The van der Waals surface area contributed by atoms with Gasteiger partial charge in [0.15, 0.2) is 11.5 Å². The normalized spacial score (nSPS) is 27.5. The summed E-state index contributed by atoms with van der Waals surface area (Å²) in [6.07, 6.45) is 6.47. The van der Waals surface area contributed by atoms with E-state index in [9.17, 15) is 9.59 Å². The van der Waals surface area contributed by atoms with E-state index in [0.717, 1.165) is 11.4 Å². The summed E-state index contributed by atoms with van der Waals surface area (Å²) in [5, 5.41) is 5.60. The molecule has 2 aliphatic carbocycles. The van der Waals surface area contributed by atoms with Gasteiger partial charge in [-0.2, -0.15) is 10.1 Å². The number of hydrazone groups is 1. The summed E-state index contributed by atoms with van der Waals surface area (Å²) in [7, 11) is 0. The summed E-state index contributed by atoms with van der Waals surface area (Å²) in [5.74, 6) is 0.195. The van der Waals surface area contributed by atoms with Crippen molar-refractivity contribution >= 4 is 45.6 Å². The van der Waals surface area contributed by atoms with Crippen LogP contribution in [-0.4, -0.2) is 35.2 Å². The molecule has 0 N–H and O–H groups in total. The van der Waals surface area contributed by atoms with Crippen LogP contribution in [0.25, 0.3) is 0 Å². The van der Waals surface area contributed by atoms with Gasteiger partial charge in [0.1, 0.15) is 10.6 Å². The Bertz CT molecular complexity index is 939. The van der Waals surface area contributed by atoms with E-state index in [1.807, 2.05) is 27.7 Å². The van der Waals surface area contributed by atoms with Crippen molar-refractivity contribution in [2.75, 3.05) is 6.61 Å². The summed E-state index contributed by atoms with van der Waals surface area (Å²) in [4.78, 5) is 25.6. The summed E-state index contributed by atoms with van der Waals surface area (Å²) >= 11 is 10.0. The zero-order chi connectivity index (χ0) is 21.8. The van der Waals surface area contributed by atoms with E-state index in [-0.39, 0.29) is 35.5 Å². The van der Waals surface area contributed by atoms with E-state index in [2.05, 4.69) is 33.2 Å². The third kappa shape index (κ3) is 3.56. The molecule has 1 saturated heterocycles. The van der Waals surface area contributed by atoms with Gasteiger partial charge in [-0.3, -0.25) is 9.59 Å². The molecule has 2 fully saturated rings. The number of ether oxygens (including phenoxy) is 2. The molecule has 30 heavy (non-hydrogen) atoms. The van der Waals surface area contributed by atoms with Gasteiger partial charge in [0.05, 0.1) is 24.7 Å². The highest BCUT2D eigenvalue weighted by molar-refractivity contribution is 9.10. The zero-order valence-electron chi connectivity index (χ0n) is 17.3. The Morgan fingerprint density at radius 2 is 1.83 bits per heavy atom. The van der Waals surface area contributed by atoms with Crippen molar-refractivity contribution in [2.45, 2.75) is 39.7 Å². The van der Waals surface area contributed by atoms with Gasteiger partial charge in [-0.25, -0.2) is 0 Å². The third-order valence-corrected chi connectivity index (χ3v) is 7.07. The van der Waals surface area contributed by atoms with Crippen LogP contribution in [0.4, 0.5) is 0 Å². The molecule has 8 heteroatoms. The maximum absolute atomic E-state index is 12.8. The van der Waals surface area contributed by atoms with E-state index >= 15 is 0 Å². The van der Waals surface area contributed by atoms with Gasteiger partial charge in [-0.05, 0) is 67.9 Å². The lowest BCUT2D eigenvalue weighted by molar-refractivity contribution is -0.140. The van der Waals surface area contributed by atoms with Crippen LogP contribution in [0.15, 0.2) is 27.8 Å². The molecule has 6 nitrogen and oxygen atoms in total. The molecule has 2 bridgehead atoms. The van der Waals surface area contributed by atoms with E-state index in [4.69, 9.17) is 21.1 Å². The highest BCUT2D eigenvalue weighted by atomic mass is 79.9.